The number of anilines is 1. The van der Waals surface area contributed by atoms with Crippen molar-refractivity contribution in [3.8, 4) is 0 Å². The molecule has 2 aromatic heterocycles. The number of carbonyl (C=O) groups excluding carboxylic acids is 1. The molecule has 0 aliphatic carbocycles. The van der Waals surface area contributed by atoms with Crippen molar-refractivity contribution in [2.75, 3.05) is 18.0 Å². The second-order valence-corrected chi connectivity index (χ2v) is 5.73. The Morgan fingerprint density at radius 2 is 1.96 bits per heavy atom. The monoisotopic (exact) mass is 327 g/mol. The van der Waals surface area contributed by atoms with Crippen LogP contribution in [-0.4, -0.2) is 33.9 Å². The van der Waals surface area contributed by atoms with Gasteiger partial charge in [-0.15, -0.1) is 0 Å². The highest BCUT2D eigenvalue weighted by Crippen LogP contribution is 2.12. The fourth-order valence-electron chi connectivity index (χ4n) is 2.44. The van der Waals surface area contributed by atoms with E-state index in [0.29, 0.717) is 18.2 Å². The van der Waals surface area contributed by atoms with E-state index in [0.717, 1.165) is 37.2 Å². The Morgan fingerprint density at radius 3 is 2.58 bits per heavy atom. The van der Waals surface area contributed by atoms with Crippen LogP contribution in [0.4, 0.5) is 5.95 Å². The standard InChI is InChI=1S/C18H25N5O/c1-4-9-23(10-5-2)18-21-14(3)11-16(22-18)17(24)20-13-15-7-6-8-19-12-15/h6-8,11-12H,4-5,9-10,13H2,1-3H3,(H,20,24). The second-order valence-electron chi connectivity index (χ2n) is 5.73. The normalized spacial score (nSPS) is 10.5. The minimum Gasteiger partial charge on any atom is -0.347 e. The first-order chi connectivity index (χ1) is 11.6. The van der Waals surface area contributed by atoms with Gasteiger partial charge in [0.05, 0.1) is 0 Å². The van der Waals surface area contributed by atoms with Crippen molar-refractivity contribution >= 4 is 11.9 Å². The summed E-state index contributed by atoms with van der Waals surface area (Å²) in [6.45, 7) is 8.33. The van der Waals surface area contributed by atoms with Crippen LogP contribution in [0.2, 0.25) is 0 Å². The highest BCUT2D eigenvalue weighted by atomic mass is 16.1. The zero-order valence-corrected chi connectivity index (χ0v) is 14.6. The van der Waals surface area contributed by atoms with Gasteiger partial charge < -0.3 is 10.2 Å². The Morgan fingerprint density at radius 1 is 1.21 bits per heavy atom. The third-order valence-corrected chi connectivity index (χ3v) is 3.52. The first kappa shape index (κ1) is 17.8. The quantitative estimate of drug-likeness (QED) is 0.807. The molecular formula is C18H25N5O. The van der Waals surface area contributed by atoms with Gasteiger partial charge in [-0.05, 0) is 37.5 Å². The number of aryl methyl sites for hydroxylation is 1. The molecule has 0 spiro atoms. The van der Waals surface area contributed by atoms with Gasteiger partial charge in [-0.2, -0.15) is 0 Å². The maximum absolute atomic E-state index is 12.4. The number of aromatic nitrogens is 3. The lowest BCUT2D eigenvalue weighted by atomic mass is 10.2. The van der Waals surface area contributed by atoms with Crippen LogP contribution in [0.15, 0.2) is 30.6 Å². The smallest absolute Gasteiger partial charge is 0.270 e. The van der Waals surface area contributed by atoms with Crippen LogP contribution < -0.4 is 10.2 Å². The molecule has 2 heterocycles. The lowest BCUT2D eigenvalue weighted by Gasteiger charge is -2.22. The van der Waals surface area contributed by atoms with E-state index in [1.54, 1.807) is 18.5 Å². The average Bonchev–Trinajstić information content (AvgIpc) is 2.60. The molecule has 1 amide bonds. The number of nitrogens with one attached hydrogen (secondary N) is 1. The molecule has 0 radical (unpaired) electrons. The molecule has 6 nitrogen and oxygen atoms in total. The summed E-state index contributed by atoms with van der Waals surface area (Å²) >= 11 is 0. The first-order valence-electron chi connectivity index (χ1n) is 8.41. The summed E-state index contributed by atoms with van der Waals surface area (Å²) in [6.07, 6.45) is 5.47. The molecule has 0 unspecified atom stereocenters. The van der Waals surface area contributed by atoms with Crippen LogP contribution >= 0.6 is 0 Å². The van der Waals surface area contributed by atoms with E-state index in [1.165, 1.54) is 0 Å². The van der Waals surface area contributed by atoms with E-state index in [4.69, 9.17) is 0 Å². The molecule has 0 aliphatic heterocycles. The summed E-state index contributed by atoms with van der Waals surface area (Å²) in [5, 5.41) is 2.88. The molecule has 24 heavy (non-hydrogen) atoms. The fourth-order valence-corrected chi connectivity index (χ4v) is 2.44. The molecule has 0 atom stereocenters. The summed E-state index contributed by atoms with van der Waals surface area (Å²) in [5.41, 5.74) is 2.15. The van der Waals surface area contributed by atoms with E-state index in [1.807, 2.05) is 19.1 Å². The van der Waals surface area contributed by atoms with Crippen molar-refractivity contribution in [1.82, 2.24) is 20.3 Å². The Labute approximate surface area is 143 Å². The maximum atomic E-state index is 12.4. The third-order valence-electron chi connectivity index (χ3n) is 3.52. The SMILES string of the molecule is CCCN(CCC)c1nc(C)cc(C(=O)NCc2cccnc2)n1. The summed E-state index contributed by atoms with van der Waals surface area (Å²) in [7, 11) is 0. The zero-order valence-electron chi connectivity index (χ0n) is 14.6. The molecule has 1 N–H and O–H groups in total. The third kappa shape index (κ3) is 5.01. The van der Waals surface area contributed by atoms with E-state index < -0.39 is 0 Å². The lowest BCUT2D eigenvalue weighted by Crippen LogP contribution is -2.29. The molecule has 6 heteroatoms. The molecule has 0 fully saturated rings. The molecule has 2 aromatic rings. The van der Waals surface area contributed by atoms with Crippen molar-refractivity contribution in [2.24, 2.45) is 0 Å². The number of hydrogen-bond donors (Lipinski definition) is 1. The van der Waals surface area contributed by atoms with Crippen LogP contribution in [0, 0.1) is 6.92 Å². The Hall–Kier alpha value is -2.50. The molecule has 0 aromatic carbocycles. The first-order valence-corrected chi connectivity index (χ1v) is 8.41. The molecule has 128 valence electrons. The minimum atomic E-state index is -0.196. The topological polar surface area (TPSA) is 71.0 Å². The van der Waals surface area contributed by atoms with Gasteiger partial charge in [0.15, 0.2) is 0 Å². The van der Waals surface area contributed by atoms with Crippen molar-refractivity contribution < 1.29 is 4.79 Å². The highest BCUT2D eigenvalue weighted by molar-refractivity contribution is 5.92. The van der Waals surface area contributed by atoms with Gasteiger partial charge in [-0.1, -0.05) is 19.9 Å². The summed E-state index contributed by atoms with van der Waals surface area (Å²) < 4.78 is 0. The summed E-state index contributed by atoms with van der Waals surface area (Å²) in [5.74, 6) is 0.434. The number of hydrogen-bond acceptors (Lipinski definition) is 5. The molecular weight excluding hydrogens is 302 g/mol. The van der Waals surface area contributed by atoms with Gasteiger partial charge in [-0.25, -0.2) is 9.97 Å². The number of rotatable bonds is 8. The zero-order chi connectivity index (χ0) is 17.4. The predicted molar refractivity (Wildman–Crippen MR) is 95.0 cm³/mol. The molecule has 0 saturated heterocycles. The average molecular weight is 327 g/mol. The van der Waals surface area contributed by atoms with Crippen LogP contribution in [-0.2, 0) is 6.54 Å². The second kappa shape index (κ2) is 8.96. The summed E-state index contributed by atoms with van der Waals surface area (Å²) in [6, 6.07) is 5.49. The van der Waals surface area contributed by atoms with E-state index in [-0.39, 0.29) is 5.91 Å². The van der Waals surface area contributed by atoms with Crippen LogP contribution in [0.1, 0.15) is 48.4 Å². The van der Waals surface area contributed by atoms with Gasteiger partial charge in [0.25, 0.3) is 5.91 Å². The van der Waals surface area contributed by atoms with Crippen LogP contribution in [0.5, 0.6) is 0 Å². The largest absolute Gasteiger partial charge is 0.347 e. The lowest BCUT2D eigenvalue weighted by molar-refractivity contribution is 0.0945. The number of nitrogens with zero attached hydrogens (tertiary/aromatic N) is 4. The Bertz CT molecular complexity index is 654. The number of pyridine rings is 1. The Kier molecular flexibility index (Phi) is 6.66. The number of amides is 1. The molecule has 2 rings (SSSR count). The predicted octanol–water partition coefficient (Wildman–Crippen LogP) is 2.74. The van der Waals surface area contributed by atoms with E-state index in [2.05, 4.69) is 39.0 Å². The fraction of sp³-hybridized carbons (Fsp3) is 0.444. The van der Waals surface area contributed by atoms with Crippen LogP contribution in [0.3, 0.4) is 0 Å². The van der Waals surface area contributed by atoms with Gasteiger partial charge in [0.1, 0.15) is 5.69 Å². The van der Waals surface area contributed by atoms with Gasteiger partial charge >= 0.3 is 0 Å². The maximum Gasteiger partial charge on any atom is 0.270 e. The van der Waals surface area contributed by atoms with E-state index in [9.17, 15) is 4.79 Å². The van der Waals surface area contributed by atoms with Crippen molar-refractivity contribution in [2.45, 2.75) is 40.2 Å². The van der Waals surface area contributed by atoms with Crippen molar-refractivity contribution in [3.63, 3.8) is 0 Å². The highest BCUT2D eigenvalue weighted by Gasteiger charge is 2.14. The Balaban J connectivity index is 2.12. The van der Waals surface area contributed by atoms with Gasteiger partial charge in [0.2, 0.25) is 5.95 Å². The minimum absolute atomic E-state index is 0.196. The van der Waals surface area contributed by atoms with Crippen molar-refractivity contribution in [3.05, 3.63) is 47.5 Å². The van der Waals surface area contributed by atoms with Gasteiger partial charge in [-0.3, -0.25) is 9.78 Å². The van der Waals surface area contributed by atoms with Crippen molar-refractivity contribution in [1.29, 1.82) is 0 Å². The summed E-state index contributed by atoms with van der Waals surface area (Å²) in [4.78, 5) is 27.6. The number of carbonyl (C=O) groups is 1. The van der Waals surface area contributed by atoms with E-state index >= 15 is 0 Å². The van der Waals surface area contributed by atoms with Gasteiger partial charge in [0, 0.05) is 37.7 Å². The van der Waals surface area contributed by atoms with Crippen LogP contribution in [0.25, 0.3) is 0 Å². The molecule has 0 aliphatic rings. The molecule has 0 bridgehead atoms. The molecule has 0 saturated carbocycles.